The lowest BCUT2D eigenvalue weighted by Gasteiger charge is -2.13. The molecule has 32 heavy (non-hydrogen) atoms. The Bertz CT molecular complexity index is 1230. The molecule has 3 heterocycles. The summed E-state index contributed by atoms with van der Waals surface area (Å²) in [6.45, 7) is 1.90. The molecule has 1 atom stereocenters. The molecule has 0 fully saturated rings. The van der Waals surface area contributed by atoms with Crippen LogP contribution in [0, 0.1) is 17.1 Å². The Balaban J connectivity index is 1.36. The zero-order valence-corrected chi connectivity index (χ0v) is 17.4. The summed E-state index contributed by atoms with van der Waals surface area (Å²) < 4.78 is 13.1. The summed E-state index contributed by atoms with van der Waals surface area (Å²) in [6, 6.07) is 16.2. The van der Waals surface area contributed by atoms with Crippen molar-refractivity contribution >= 4 is 17.6 Å². The van der Waals surface area contributed by atoms with E-state index >= 15 is 0 Å². The summed E-state index contributed by atoms with van der Waals surface area (Å²) in [5.41, 5.74) is 3.42. The molecule has 9 heteroatoms. The van der Waals surface area contributed by atoms with E-state index in [2.05, 4.69) is 41.9 Å². The van der Waals surface area contributed by atoms with E-state index in [4.69, 9.17) is 5.26 Å². The lowest BCUT2D eigenvalue weighted by molar-refractivity contribution is 0.617. The molecule has 0 aliphatic rings. The van der Waals surface area contributed by atoms with Gasteiger partial charge in [0, 0.05) is 18.0 Å². The molecular formula is C23H21FN8. The maximum absolute atomic E-state index is 13.1. The summed E-state index contributed by atoms with van der Waals surface area (Å²) in [5.74, 6) is 1.27. The van der Waals surface area contributed by atoms with E-state index in [9.17, 15) is 4.39 Å². The Morgan fingerprint density at radius 1 is 1.09 bits per heavy atom. The molecule has 0 aliphatic heterocycles. The largest absolute Gasteiger partial charge is 0.346 e. The first-order valence-electron chi connectivity index (χ1n) is 10.1. The number of pyridine rings is 1. The Morgan fingerprint density at radius 3 is 2.81 bits per heavy atom. The van der Waals surface area contributed by atoms with Gasteiger partial charge in [0.15, 0.2) is 5.82 Å². The first-order valence-corrected chi connectivity index (χ1v) is 10.1. The van der Waals surface area contributed by atoms with Crippen molar-refractivity contribution in [2.24, 2.45) is 0 Å². The number of hydrogen-bond acceptors (Lipinski definition) is 7. The maximum atomic E-state index is 13.1. The number of aryl methyl sites for hydroxylation is 2. The van der Waals surface area contributed by atoms with Crippen molar-refractivity contribution < 1.29 is 4.39 Å². The van der Waals surface area contributed by atoms with Crippen molar-refractivity contribution in [3.63, 3.8) is 0 Å². The van der Waals surface area contributed by atoms with Gasteiger partial charge >= 0.3 is 0 Å². The third-order valence-electron chi connectivity index (χ3n) is 4.82. The molecule has 4 aromatic rings. The number of nitrogens with one attached hydrogen (secondary N) is 3. The van der Waals surface area contributed by atoms with Gasteiger partial charge in [-0.15, -0.1) is 0 Å². The molecule has 1 aromatic carbocycles. The molecule has 0 saturated heterocycles. The number of H-pyrrole nitrogens is 1. The van der Waals surface area contributed by atoms with Crippen molar-refractivity contribution in [3.05, 3.63) is 89.3 Å². The van der Waals surface area contributed by atoms with Gasteiger partial charge in [-0.3, -0.25) is 10.1 Å². The van der Waals surface area contributed by atoms with Crippen molar-refractivity contribution in [3.8, 4) is 6.07 Å². The Hall–Kier alpha value is -4.32. The molecule has 0 radical (unpaired) electrons. The Morgan fingerprint density at radius 2 is 2.00 bits per heavy atom. The summed E-state index contributed by atoms with van der Waals surface area (Å²) in [6.07, 6.45) is 4.39. The average Bonchev–Trinajstić information content (AvgIpc) is 3.25. The van der Waals surface area contributed by atoms with Crippen LogP contribution in [0.1, 0.15) is 35.5 Å². The monoisotopic (exact) mass is 428 g/mol. The lowest BCUT2D eigenvalue weighted by atomic mass is 10.1. The third kappa shape index (κ3) is 5.43. The summed E-state index contributed by atoms with van der Waals surface area (Å²) in [7, 11) is 0. The minimum absolute atomic E-state index is 0.192. The maximum Gasteiger partial charge on any atom is 0.225 e. The Kier molecular flexibility index (Phi) is 6.32. The van der Waals surface area contributed by atoms with Crippen molar-refractivity contribution in [1.82, 2.24) is 25.1 Å². The summed E-state index contributed by atoms with van der Waals surface area (Å²) in [5, 5.41) is 22.7. The smallest absolute Gasteiger partial charge is 0.225 e. The second-order valence-corrected chi connectivity index (χ2v) is 7.25. The van der Waals surface area contributed by atoms with Crippen LogP contribution in [0.15, 0.2) is 60.9 Å². The van der Waals surface area contributed by atoms with Gasteiger partial charge in [-0.2, -0.15) is 15.3 Å². The first-order chi connectivity index (χ1) is 15.6. The molecule has 3 N–H and O–H groups in total. The molecule has 4 rings (SSSR count). The number of hydrogen-bond donors (Lipinski definition) is 3. The topological polar surface area (TPSA) is 115 Å². The molecule has 0 aliphatic carbocycles. The number of aromatic amines is 1. The van der Waals surface area contributed by atoms with Gasteiger partial charge in [-0.05, 0) is 55.7 Å². The van der Waals surface area contributed by atoms with Crippen molar-refractivity contribution in [1.29, 1.82) is 5.26 Å². The van der Waals surface area contributed by atoms with Gasteiger partial charge in [0.05, 0.1) is 29.6 Å². The molecule has 0 amide bonds. The summed E-state index contributed by atoms with van der Waals surface area (Å²) >= 11 is 0. The number of rotatable bonds is 8. The predicted molar refractivity (Wildman–Crippen MR) is 119 cm³/mol. The zero-order valence-electron chi connectivity index (χ0n) is 17.4. The number of anilines is 3. The van der Waals surface area contributed by atoms with Crippen LogP contribution in [0.3, 0.4) is 0 Å². The minimum Gasteiger partial charge on any atom is -0.346 e. The fourth-order valence-electron chi connectivity index (χ4n) is 3.17. The van der Waals surface area contributed by atoms with Crippen LogP contribution in [0.5, 0.6) is 0 Å². The van der Waals surface area contributed by atoms with E-state index in [1.807, 2.05) is 31.2 Å². The molecule has 0 bridgehead atoms. The quantitative estimate of drug-likeness (QED) is 0.383. The standard InChI is InChI=1S/C23H21FN8/c1-15(20-8-6-18(24)14-27-20)28-23-26-10-9-21(30-23)29-22-12-19(31-32-22)7-5-16-3-2-4-17(11-16)13-25/h2-4,6,8-12,14-15H,5,7H2,1H3,(H3,26,28,29,30,31,32). The molecule has 8 nitrogen and oxygen atoms in total. The van der Waals surface area contributed by atoms with Crippen LogP contribution >= 0.6 is 0 Å². The number of nitriles is 1. The molecular weight excluding hydrogens is 407 g/mol. The van der Waals surface area contributed by atoms with Gasteiger partial charge in [0.2, 0.25) is 5.95 Å². The van der Waals surface area contributed by atoms with Crippen LogP contribution in [0.2, 0.25) is 0 Å². The van der Waals surface area contributed by atoms with Crippen LogP contribution < -0.4 is 10.6 Å². The van der Waals surface area contributed by atoms with E-state index < -0.39 is 0 Å². The van der Waals surface area contributed by atoms with Crippen LogP contribution in [-0.2, 0) is 12.8 Å². The predicted octanol–water partition coefficient (Wildman–Crippen LogP) is 4.31. The third-order valence-corrected chi connectivity index (χ3v) is 4.82. The van der Waals surface area contributed by atoms with Crippen molar-refractivity contribution in [2.45, 2.75) is 25.8 Å². The molecule has 0 saturated carbocycles. The van der Waals surface area contributed by atoms with Gasteiger partial charge in [-0.25, -0.2) is 9.37 Å². The first kappa shape index (κ1) is 20.9. The van der Waals surface area contributed by atoms with Gasteiger partial charge < -0.3 is 10.6 Å². The number of halogens is 1. The van der Waals surface area contributed by atoms with Crippen LogP contribution in [0.4, 0.5) is 22.0 Å². The fourth-order valence-corrected chi connectivity index (χ4v) is 3.17. The summed E-state index contributed by atoms with van der Waals surface area (Å²) in [4.78, 5) is 12.8. The SMILES string of the molecule is CC(Nc1nccc(Nc2cc(CCc3cccc(C#N)c3)[nH]n2)n1)c1ccc(F)cn1. The lowest BCUT2D eigenvalue weighted by Crippen LogP contribution is -2.11. The van der Waals surface area contributed by atoms with E-state index in [1.165, 1.54) is 12.3 Å². The van der Waals surface area contributed by atoms with Gasteiger partial charge in [-0.1, -0.05) is 12.1 Å². The number of aromatic nitrogens is 5. The van der Waals surface area contributed by atoms with E-state index in [1.54, 1.807) is 24.4 Å². The normalized spacial score (nSPS) is 11.5. The second-order valence-electron chi connectivity index (χ2n) is 7.25. The van der Waals surface area contributed by atoms with Crippen LogP contribution in [0.25, 0.3) is 0 Å². The highest BCUT2D eigenvalue weighted by atomic mass is 19.1. The average molecular weight is 428 g/mol. The molecule has 160 valence electrons. The fraction of sp³-hybridized carbons (Fsp3) is 0.174. The second kappa shape index (κ2) is 9.66. The van der Waals surface area contributed by atoms with Crippen LogP contribution in [-0.4, -0.2) is 25.1 Å². The molecule has 3 aromatic heterocycles. The highest BCUT2D eigenvalue weighted by molar-refractivity contribution is 5.53. The Labute approximate surface area is 184 Å². The van der Waals surface area contributed by atoms with E-state index in [0.29, 0.717) is 28.8 Å². The highest BCUT2D eigenvalue weighted by Crippen LogP contribution is 2.18. The molecule has 0 spiro atoms. The number of nitrogens with zero attached hydrogens (tertiary/aromatic N) is 5. The minimum atomic E-state index is -0.377. The van der Waals surface area contributed by atoms with E-state index in [0.717, 1.165) is 24.1 Å². The van der Waals surface area contributed by atoms with Gasteiger partial charge in [0.1, 0.15) is 11.6 Å². The number of benzene rings is 1. The zero-order chi connectivity index (χ0) is 22.3. The molecule has 1 unspecified atom stereocenters. The highest BCUT2D eigenvalue weighted by Gasteiger charge is 2.10. The van der Waals surface area contributed by atoms with E-state index in [-0.39, 0.29) is 11.9 Å². The van der Waals surface area contributed by atoms with Crippen molar-refractivity contribution in [2.75, 3.05) is 10.6 Å². The van der Waals surface area contributed by atoms with Gasteiger partial charge in [0.25, 0.3) is 0 Å².